The summed E-state index contributed by atoms with van der Waals surface area (Å²) in [6.45, 7) is 4.03. The van der Waals surface area contributed by atoms with Crippen molar-refractivity contribution in [1.82, 2.24) is 15.1 Å². The number of hydrogen-bond acceptors (Lipinski definition) is 6. The quantitative estimate of drug-likeness (QED) is 0.596. The van der Waals surface area contributed by atoms with Crippen molar-refractivity contribution in [2.24, 2.45) is 0 Å². The van der Waals surface area contributed by atoms with E-state index >= 15 is 0 Å². The molecule has 1 N–H and O–H groups in total. The summed E-state index contributed by atoms with van der Waals surface area (Å²) in [6, 6.07) is 6.13. The van der Waals surface area contributed by atoms with Crippen molar-refractivity contribution in [2.45, 2.75) is 56.7 Å². The van der Waals surface area contributed by atoms with E-state index < -0.39 is 17.4 Å². The Balaban J connectivity index is 1.62. The minimum absolute atomic E-state index is 0.0253. The first-order valence-corrected chi connectivity index (χ1v) is 11.2. The maximum Gasteiger partial charge on any atom is 0.408 e. The van der Waals surface area contributed by atoms with E-state index in [4.69, 9.17) is 21.1 Å². The van der Waals surface area contributed by atoms with Gasteiger partial charge in [0.1, 0.15) is 11.6 Å². The van der Waals surface area contributed by atoms with Gasteiger partial charge in [-0.2, -0.15) is 0 Å². The minimum Gasteiger partial charge on any atom is -0.467 e. The highest BCUT2D eigenvalue weighted by Crippen LogP contribution is 2.52. The third-order valence-corrected chi connectivity index (χ3v) is 7.49. The van der Waals surface area contributed by atoms with Gasteiger partial charge in [-0.05, 0) is 57.7 Å². The van der Waals surface area contributed by atoms with Gasteiger partial charge in [-0.25, -0.2) is 9.18 Å². The molecule has 1 aromatic heterocycles. The fraction of sp³-hybridized carbons (Fsp3) is 0.522. The van der Waals surface area contributed by atoms with Crippen LogP contribution in [-0.4, -0.2) is 64.4 Å². The molecule has 2 aliphatic heterocycles. The number of halogens is 2. The molecule has 3 atom stereocenters. The van der Waals surface area contributed by atoms with Crippen molar-refractivity contribution in [2.75, 3.05) is 25.9 Å². The second-order valence-corrected chi connectivity index (χ2v) is 9.63. The number of rotatable bonds is 6. The number of carboxylic acid groups (broad SMARTS) is 1. The van der Waals surface area contributed by atoms with Crippen LogP contribution in [0.4, 0.5) is 15.0 Å². The third-order valence-electron chi connectivity index (χ3n) is 7.20. The maximum absolute atomic E-state index is 14.2. The normalized spacial score (nSPS) is 26.4. The van der Waals surface area contributed by atoms with E-state index in [2.05, 4.69) is 10.2 Å². The Morgan fingerprint density at radius 3 is 2.70 bits per heavy atom. The summed E-state index contributed by atoms with van der Waals surface area (Å²) >= 11 is 5.91. The van der Waals surface area contributed by atoms with Crippen LogP contribution >= 0.6 is 11.6 Å². The number of nitrogens with zero attached hydrogens (tertiary/aromatic N) is 4. The van der Waals surface area contributed by atoms with Gasteiger partial charge >= 0.3 is 6.09 Å². The zero-order valence-electron chi connectivity index (χ0n) is 19.1. The lowest BCUT2D eigenvalue weighted by atomic mass is 9.81. The number of amides is 1. The average molecular weight is 479 g/mol. The predicted molar refractivity (Wildman–Crippen MR) is 122 cm³/mol. The van der Waals surface area contributed by atoms with E-state index in [1.54, 1.807) is 17.0 Å². The maximum atomic E-state index is 14.2. The van der Waals surface area contributed by atoms with E-state index in [9.17, 15) is 14.3 Å². The third kappa shape index (κ3) is 3.97. The lowest BCUT2D eigenvalue weighted by Crippen LogP contribution is -2.66. The van der Waals surface area contributed by atoms with Crippen LogP contribution in [0.3, 0.4) is 0 Å². The van der Waals surface area contributed by atoms with Crippen molar-refractivity contribution in [3.05, 3.63) is 35.1 Å². The molecule has 1 aromatic carbocycles. The number of fused-ring (bicyclic) bond motifs is 2. The molecule has 0 spiro atoms. The molecule has 10 heteroatoms. The van der Waals surface area contributed by atoms with Crippen molar-refractivity contribution >= 4 is 23.5 Å². The molecule has 0 aliphatic carbocycles. The zero-order valence-corrected chi connectivity index (χ0v) is 19.9. The number of ether oxygens (including phenoxy) is 2. The second-order valence-electron chi connectivity index (χ2n) is 9.23. The minimum atomic E-state index is -0.884. The van der Waals surface area contributed by atoms with Crippen LogP contribution in [0.15, 0.2) is 24.3 Å². The van der Waals surface area contributed by atoms with Crippen LogP contribution in [0.25, 0.3) is 11.3 Å². The summed E-state index contributed by atoms with van der Waals surface area (Å²) < 4.78 is 24.6. The van der Waals surface area contributed by atoms with Crippen molar-refractivity contribution < 1.29 is 23.8 Å². The molecule has 0 radical (unpaired) electrons. The van der Waals surface area contributed by atoms with E-state index in [1.165, 1.54) is 19.2 Å². The molecule has 2 aromatic rings. The highest BCUT2D eigenvalue weighted by molar-refractivity contribution is 6.31. The molecule has 3 unspecified atom stereocenters. The Morgan fingerprint density at radius 1 is 1.30 bits per heavy atom. The van der Waals surface area contributed by atoms with E-state index in [0.29, 0.717) is 22.8 Å². The number of likely N-dealkylation sites (N-methyl/N-ethyl adjacent to an activating group) is 1. The van der Waals surface area contributed by atoms with E-state index in [0.717, 1.165) is 25.7 Å². The average Bonchev–Trinajstić information content (AvgIpc) is 2.97. The number of aromatic nitrogens is 2. The van der Waals surface area contributed by atoms with Crippen LogP contribution in [0, 0.1) is 5.82 Å². The molecule has 2 fully saturated rings. The number of carbonyl (C=O) groups is 1. The number of piperidine rings is 1. The number of benzene rings is 1. The van der Waals surface area contributed by atoms with Crippen LogP contribution in [0.2, 0.25) is 5.02 Å². The van der Waals surface area contributed by atoms with Crippen LogP contribution in [-0.2, 0) is 4.74 Å². The Morgan fingerprint density at radius 2 is 2.06 bits per heavy atom. The second kappa shape index (κ2) is 8.61. The lowest BCUT2D eigenvalue weighted by molar-refractivity contribution is 0.00855. The van der Waals surface area contributed by atoms with E-state index in [1.807, 2.05) is 25.8 Å². The molecule has 33 heavy (non-hydrogen) atoms. The molecule has 2 saturated heterocycles. The SMILES string of the molecule is COCOc1cc(Cl)c(F)cc1-c1ccc(N(C)C2CCC3(C)CCC2(C)N3C(=O)O)nn1. The Labute approximate surface area is 197 Å². The van der Waals surface area contributed by atoms with Crippen molar-refractivity contribution in [1.29, 1.82) is 0 Å². The Bertz CT molecular complexity index is 1060. The molecule has 4 rings (SSSR count). The first kappa shape index (κ1) is 23.5. The van der Waals surface area contributed by atoms with Gasteiger partial charge < -0.3 is 19.5 Å². The Hall–Kier alpha value is -2.65. The summed E-state index contributed by atoms with van der Waals surface area (Å²) in [7, 11) is 3.40. The van der Waals surface area contributed by atoms with Crippen molar-refractivity contribution in [3.63, 3.8) is 0 Å². The van der Waals surface area contributed by atoms with E-state index in [-0.39, 0.29) is 23.4 Å². The standard InChI is InChI=1S/C23H28ClFN4O4/c1-22-8-7-19(23(2,10-9-22)29(22)21(30)31)28(3)20-6-5-17(26-27-20)14-11-16(25)15(24)12-18(14)33-13-32-4/h5-6,11-12,19H,7-10,13H2,1-4H3,(H,30,31). The smallest absolute Gasteiger partial charge is 0.408 e. The Kier molecular flexibility index (Phi) is 6.13. The predicted octanol–water partition coefficient (Wildman–Crippen LogP) is 4.81. The van der Waals surface area contributed by atoms with Gasteiger partial charge in [0.15, 0.2) is 12.6 Å². The van der Waals surface area contributed by atoms with Gasteiger partial charge in [0, 0.05) is 31.3 Å². The molecule has 2 aliphatic rings. The molecule has 0 saturated carbocycles. The van der Waals surface area contributed by atoms with Crippen molar-refractivity contribution in [3.8, 4) is 17.0 Å². The number of methoxy groups -OCH3 is 1. The van der Waals surface area contributed by atoms with Crippen LogP contribution < -0.4 is 9.64 Å². The summed E-state index contributed by atoms with van der Waals surface area (Å²) in [6.07, 6.45) is 2.40. The zero-order chi connectivity index (χ0) is 24.0. The molecular weight excluding hydrogens is 451 g/mol. The molecule has 8 nitrogen and oxygen atoms in total. The van der Waals surface area contributed by atoms with Gasteiger partial charge in [0.25, 0.3) is 0 Å². The lowest BCUT2D eigenvalue weighted by Gasteiger charge is -2.53. The fourth-order valence-corrected chi connectivity index (χ4v) is 5.67. The highest BCUT2D eigenvalue weighted by Gasteiger charge is 2.60. The monoisotopic (exact) mass is 478 g/mol. The van der Waals surface area contributed by atoms with Gasteiger partial charge in [0.2, 0.25) is 0 Å². The molecular formula is C23H28ClFN4O4. The summed E-state index contributed by atoms with van der Waals surface area (Å²) in [5.41, 5.74) is -0.0211. The fourth-order valence-electron chi connectivity index (χ4n) is 5.52. The first-order valence-electron chi connectivity index (χ1n) is 10.8. The van der Waals surface area contributed by atoms with Gasteiger partial charge in [-0.15, -0.1) is 10.2 Å². The summed E-state index contributed by atoms with van der Waals surface area (Å²) in [5.74, 6) is 0.355. The highest BCUT2D eigenvalue weighted by atomic mass is 35.5. The molecule has 3 heterocycles. The number of anilines is 1. The first-order chi connectivity index (χ1) is 15.6. The van der Waals surface area contributed by atoms with Gasteiger partial charge in [-0.1, -0.05) is 11.6 Å². The van der Waals surface area contributed by atoms with Crippen LogP contribution in [0.5, 0.6) is 5.75 Å². The van der Waals surface area contributed by atoms with Gasteiger partial charge in [0.05, 0.1) is 22.3 Å². The molecule has 178 valence electrons. The largest absolute Gasteiger partial charge is 0.467 e. The summed E-state index contributed by atoms with van der Waals surface area (Å²) in [4.78, 5) is 15.8. The summed E-state index contributed by atoms with van der Waals surface area (Å²) in [5, 5.41) is 18.5. The molecule has 1 amide bonds. The number of hydrogen-bond donors (Lipinski definition) is 1. The topological polar surface area (TPSA) is 88.0 Å². The molecule has 2 bridgehead atoms. The van der Waals surface area contributed by atoms with Crippen LogP contribution in [0.1, 0.15) is 39.5 Å². The van der Waals surface area contributed by atoms with Gasteiger partial charge in [-0.3, -0.25) is 4.90 Å².